The van der Waals surface area contributed by atoms with Crippen molar-refractivity contribution < 1.29 is 17.9 Å². The number of benzene rings is 3. The first kappa shape index (κ1) is 25.3. The van der Waals surface area contributed by atoms with Gasteiger partial charge in [-0.05, 0) is 79.8 Å². The average molecular weight is 481 g/mol. The predicted molar refractivity (Wildman–Crippen MR) is 136 cm³/mol. The summed E-state index contributed by atoms with van der Waals surface area (Å²) in [5, 5.41) is 3.01. The van der Waals surface area contributed by atoms with Crippen molar-refractivity contribution in [2.45, 2.75) is 45.1 Å². The van der Waals surface area contributed by atoms with Gasteiger partial charge in [0.15, 0.2) is 0 Å². The third-order valence-corrected chi connectivity index (χ3v) is 7.75. The van der Waals surface area contributed by atoms with Gasteiger partial charge in [0.2, 0.25) is 5.91 Å². The molecule has 0 saturated heterocycles. The lowest BCUT2D eigenvalue weighted by Gasteiger charge is -2.26. The molecule has 1 atom stereocenters. The Balaban J connectivity index is 1.92. The van der Waals surface area contributed by atoms with E-state index in [1.54, 1.807) is 37.4 Å². The molecule has 0 bridgehead atoms. The number of nitrogens with zero attached hydrogens (tertiary/aromatic N) is 1. The van der Waals surface area contributed by atoms with Crippen LogP contribution in [0.25, 0.3) is 0 Å². The quantitative estimate of drug-likeness (QED) is 0.463. The third-order valence-electron chi connectivity index (χ3n) is 5.96. The number of sulfonamides is 1. The fourth-order valence-electron chi connectivity index (χ4n) is 3.83. The van der Waals surface area contributed by atoms with E-state index in [-0.39, 0.29) is 23.4 Å². The Hall–Kier alpha value is -3.32. The predicted octanol–water partition coefficient (Wildman–Crippen LogP) is 5.08. The Morgan fingerprint density at radius 1 is 0.941 bits per heavy atom. The highest BCUT2D eigenvalue weighted by Crippen LogP contribution is 2.27. The molecule has 3 aromatic rings. The Bertz CT molecular complexity index is 1260. The normalized spacial score (nSPS) is 12.1. The maximum Gasteiger partial charge on any atom is 0.264 e. The highest BCUT2D eigenvalue weighted by molar-refractivity contribution is 7.92. The molecule has 1 N–H and O–H groups in total. The molecule has 0 heterocycles. The number of anilines is 1. The van der Waals surface area contributed by atoms with Crippen LogP contribution in [0.15, 0.2) is 71.6 Å². The van der Waals surface area contributed by atoms with Crippen LogP contribution in [0.2, 0.25) is 0 Å². The van der Waals surface area contributed by atoms with Gasteiger partial charge < -0.3 is 10.1 Å². The minimum atomic E-state index is -3.95. The van der Waals surface area contributed by atoms with Crippen molar-refractivity contribution in [3.8, 4) is 5.75 Å². The van der Waals surface area contributed by atoms with Gasteiger partial charge in [0.1, 0.15) is 12.3 Å². The van der Waals surface area contributed by atoms with Crippen LogP contribution in [0.4, 0.5) is 5.69 Å². The first-order chi connectivity index (χ1) is 16.2. The van der Waals surface area contributed by atoms with Crippen molar-refractivity contribution in [1.82, 2.24) is 5.32 Å². The second-order valence-corrected chi connectivity index (χ2v) is 10.2. The fraction of sp³-hybridized carbons (Fsp3) is 0.296. The van der Waals surface area contributed by atoms with Gasteiger partial charge >= 0.3 is 0 Å². The van der Waals surface area contributed by atoms with Gasteiger partial charge in [-0.25, -0.2) is 8.42 Å². The molecule has 0 fully saturated rings. The van der Waals surface area contributed by atoms with Crippen LogP contribution in [0.1, 0.15) is 41.6 Å². The van der Waals surface area contributed by atoms with E-state index in [1.807, 2.05) is 52.0 Å². The Kier molecular flexibility index (Phi) is 7.99. The second kappa shape index (κ2) is 10.7. The smallest absolute Gasteiger partial charge is 0.264 e. The summed E-state index contributed by atoms with van der Waals surface area (Å²) in [6.45, 7) is 7.48. The summed E-state index contributed by atoms with van der Waals surface area (Å²) in [5.41, 5.74) is 4.36. The molecule has 3 aromatic carbocycles. The standard InChI is InChI=1S/C27H32N2O4S/c1-6-25(22-13-15-26(33-5)21(4)16-22)28-27(30)18-29(23-14-12-19(2)20(3)17-23)34(31,32)24-10-8-7-9-11-24/h7-17,25H,6,18H2,1-5H3,(H,28,30)/t25-/m1/s1. The molecular weight excluding hydrogens is 448 g/mol. The first-order valence-electron chi connectivity index (χ1n) is 11.3. The van der Waals surface area contributed by atoms with Crippen molar-refractivity contribution >= 4 is 21.6 Å². The molecule has 34 heavy (non-hydrogen) atoms. The van der Waals surface area contributed by atoms with E-state index >= 15 is 0 Å². The molecule has 0 aromatic heterocycles. The monoisotopic (exact) mass is 480 g/mol. The third kappa shape index (κ3) is 5.59. The molecule has 7 heteroatoms. The minimum absolute atomic E-state index is 0.138. The number of hydrogen-bond acceptors (Lipinski definition) is 4. The van der Waals surface area contributed by atoms with E-state index in [0.717, 1.165) is 28.0 Å². The van der Waals surface area contributed by atoms with Gasteiger partial charge in [0.25, 0.3) is 10.0 Å². The molecule has 0 radical (unpaired) electrons. The van der Waals surface area contributed by atoms with E-state index < -0.39 is 10.0 Å². The Morgan fingerprint density at radius 2 is 1.65 bits per heavy atom. The highest BCUT2D eigenvalue weighted by atomic mass is 32.2. The molecule has 0 spiro atoms. The molecule has 0 unspecified atom stereocenters. The summed E-state index contributed by atoms with van der Waals surface area (Å²) >= 11 is 0. The lowest BCUT2D eigenvalue weighted by molar-refractivity contribution is -0.120. The summed E-state index contributed by atoms with van der Waals surface area (Å²) in [6, 6.07) is 19.1. The summed E-state index contributed by atoms with van der Waals surface area (Å²) in [6.07, 6.45) is 0.659. The Morgan fingerprint density at radius 3 is 2.24 bits per heavy atom. The molecule has 0 saturated carbocycles. The number of ether oxygens (including phenoxy) is 1. The van der Waals surface area contributed by atoms with Gasteiger partial charge in [-0.15, -0.1) is 0 Å². The topological polar surface area (TPSA) is 75.7 Å². The SMILES string of the molecule is CC[C@@H](NC(=O)CN(c1ccc(C)c(C)c1)S(=O)(=O)c1ccccc1)c1ccc(OC)c(C)c1. The van der Waals surface area contributed by atoms with Gasteiger partial charge in [0.05, 0.1) is 23.7 Å². The van der Waals surface area contributed by atoms with Crippen molar-refractivity contribution in [2.24, 2.45) is 0 Å². The van der Waals surface area contributed by atoms with Crippen LogP contribution in [0.5, 0.6) is 5.75 Å². The number of hydrogen-bond donors (Lipinski definition) is 1. The maximum atomic E-state index is 13.5. The number of methoxy groups -OCH3 is 1. The summed E-state index contributed by atoms with van der Waals surface area (Å²) in [5.74, 6) is 0.401. The van der Waals surface area contributed by atoms with Crippen LogP contribution in [0.3, 0.4) is 0 Å². The first-order valence-corrected chi connectivity index (χ1v) is 12.7. The Labute approximate surface area is 202 Å². The largest absolute Gasteiger partial charge is 0.496 e. The van der Waals surface area contributed by atoms with Crippen LogP contribution in [-0.4, -0.2) is 28.0 Å². The van der Waals surface area contributed by atoms with Crippen LogP contribution < -0.4 is 14.4 Å². The zero-order chi connectivity index (χ0) is 24.9. The fourth-order valence-corrected chi connectivity index (χ4v) is 5.26. The molecule has 0 aliphatic heterocycles. The molecule has 0 aliphatic carbocycles. The molecule has 180 valence electrons. The number of carbonyl (C=O) groups excluding carboxylic acids is 1. The maximum absolute atomic E-state index is 13.5. The van der Waals surface area contributed by atoms with E-state index in [1.165, 1.54) is 16.4 Å². The van der Waals surface area contributed by atoms with Crippen molar-refractivity contribution in [3.63, 3.8) is 0 Å². The zero-order valence-electron chi connectivity index (χ0n) is 20.3. The lowest BCUT2D eigenvalue weighted by atomic mass is 10.0. The molecule has 1 amide bonds. The molecule has 0 aliphatic rings. The number of amides is 1. The molecule has 3 rings (SSSR count). The van der Waals surface area contributed by atoms with E-state index in [4.69, 9.17) is 4.74 Å². The van der Waals surface area contributed by atoms with Gasteiger partial charge in [-0.3, -0.25) is 9.10 Å². The van der Waals surface area contributed by atoms with Gasteiger partial charge in [-0.1, -0.05) is 43.3 Å². The number of rotatable bonds is 9. The summed E-state index contributed by atoms with van der Waals surface area (Å²) in [4.78, 5) is 13.3. The van der Waals surface area contributed by atoms with Crippen molar-refractivity contribution in [2.75, 3.05) is 18.0 Å². The molecule has 6 nitrogen and oxygen atoms in total. The summed E-state index contributed by atoms with van der Waals surface area (Å²) < 4.78 is 33.6. The lowest BCUT2D eigenvalue weighted by Crippen LogP contribution is -2.42. The van der Waals surface area contributed by atoms with Crippen LogP contribution >= 0.6 is 0 Å². The van der Waals surface area contributed by atoms with Crippen LogP contribution in [-0.2, 0) is 14.8 Å². The highest BCUT2D eigenvalue weighted by Gasteiger charge is 2.28. The molecular formula is C27H32N2O4S. The van der Waals surface area contributed by atoms with E-state index in [9.17, 15) is 13.2 Å². The van der Waals surface area contributed by atoms with Crippen molar-refractivity contribution in [1.29, 1.82) is 0 Å². The van der Waals surface area contributed by atoms with Gasteiger partial charge in [-0.2, -0.15) is 0 Å². The average Bonchev–Trinajstić information content (AvgIpc) is 2.83. The minimum Gasteiger partial charge on any atom is -0.496 e. The van der Waals surface area contributed by atoms with Gasteiger partial charge in [0, 0.05) is 0 Å². The number of aryl methyl sites for hydroxylation is 3. The number of nitrogens with one attached hydrogen (secondary N) is 1. The van der Waals surface area contributed by atoms with E-state index in [0.29, 0.717) is 12.1 Å². The van der Waals surface area contributed by atoms with E-state index in [2.05, 4.69) is 5.32 Å². The number of carbonyl (C=O) groups is 1. The summed E-state index contributed by atoms with van der Waals surface area (Å²) in [7, 11) is -2.33. The van der Waals surface area contributed by atoms with Crippen LogP contribution in [0, 0.1) is 20.8 Å². The zero-order valence-corrected chi connectivity index (χ0v) is 21.1. The van der Waals surface area contributed by atoms with Crippen molar-refractivity contribution in [3.05, 3.63) is 89.0 Å². The second-order valence-electron chi connectivity index (χ2n) is 8.35.